The Kier molecular flexibility index (Phi) is 6.01. The molecule has 0 spiro atoms. The van der Waals surface area contributed by atoms with Crippen molar-refractivity contribution in [3.05, 3.63) is 98.7 Å². The Bertz CT molecular complexity index is 1340. The van der Waals surface area contributed by atoms with Crippen LogP contribution in [0.5, 0.6) is 5.75 Å². The molecule has 0 fully saturated rings. The summed E-state index contributed by atoms with van der Waals surface area (Å²) in [5.74, 6) is -4.54. The fraction of sp³-hybridized carbons (Fsp3) is 0.174. The van der Waals surface area contributed by atoms with Gasteiger partial charge in [-0.15, -0.1) is 0 Å². The van der Waals surface area contributed by atoms with Gasteiger partial charge >= 0.3 is 0 Å². The fourth-order valence-electron chi connectivity index (χ4n) is 3.62. The van der Waals surface area contributed by atoms with E-state index in [4.69, 9.17) is 0 Å². The zero-order valence-corrected chi connectivity index (χ0v) is 17.9. The minimum Gasteiger partial charge on any atom is -0.502 e. The summed E-state index contributed by atoms with van der Waals surface area (Å²) < 4.78 is 41.2. The van der Waals surface area contributed by atoms with Crippen LogP contribution in [0.3, 0.4) is 0 Å². The molecule has 2 aromatic carbocycles. The summed E-state index contributed by atoms with van der Waals surface area (Å²) in [6, 6.07) is 8.40. The van der Waals surface area contributed by atoms with Crippen LogP contribution < -0.4 is 15.8 Å². The molecule has 1 aliphatic rings. The number of hydrogen-bond donors (Lipinski definition) is 2. The Hall–Kier alpha value is -4.28. The van der Waals surface area contributed by atoms with Gasteiger partial charge in [-0.3, -0.25) is 24.1 Å². The molecule has 0 bridgehead atoms. The van der Waals surface area contributed by atoms with Gasteiger partial charge < -0.3 is 15.3 Å². The van der Waals surface area contributed by atoms with Crippen molar-refractivity contribution in [3.8, 4) is 5.75 Å². The number of halogens is 3. The molecule has 3 aromatic rings. The van der Waals surface area contributed by atoms with E-state index in [0.29, 0.717) is 11.6 Å². The van der Waals surface area contributed by atoms with Crippen LogP contribution in [0.4, 0.5) is 13.2 Å². The SMILES string of the molecule is CN1CN(Cc2ccc(F)cc2)C(=O)c2c(O)c(=O)c(C(=O)NCc3ccc(F)cc3F)cn21. The van der Waals surface area contributed by atoms with Crippen LogP contribution in [0, 0.1) is 17.5 Å². The lowest BCUT2D eigenvalue weighted by Crippen LogP contribution is -2.52. The molecule has 0 radical (unpaired) electrons. The van der Waals surface area contributed by atoms with Crippen molar-refractivity contribution in [1.82, 2.24) is 14.9 Å². The molecular weight excluding hydrogens is 453 g/mol. The van der Waals surface area contributed by atoms with E-state index in [1.807, 2.05) is 0 Å². The van der Waals surface area contributed by atoms with Crippen molar-refractivity contribution in [1.29, 1.82) is 0 Å². The Labute approximate surface area is 191 Å². The summed E-state index contributed by atoms with van der Waals surface area (Å²) in [5, 5.41) is 14.4. The quantitative estimate of drug-likeness (QED) is 0.593. The van der Waals surface area contributed by atoms with Gasteiger partial charge in [-0.2, -0.15) is 0 Å². The van der Waals surface area contributed by atoms with Gasteiger partial charge in [0, 0.05) is 38.0 Å². The molecule has 176 valence electrons. The summed E-state index contributed by atoms with van der Waals surface area (Å²) >= 11 is 0. The van der Waals surface area contributed by atoms with Crippen molar-refractivity contribution >= 4 is 11.8 Å². The minimum absolute atomic E-state index is 0.000708. The molecule has 0 saturated heterocycles. The predicted molar refractivity (Wildman–Crippen MR) is 115 cm³/mol. The Morgan fingerprint density at radius 2 is 1.74 bits per heavy atom. The zero-order chi connectivity index (χ0) is 24.6. The van der Waals surface area contributed by atoms with Gasteiger partial charge in [-0.25, -0.2) is 13.2 Å². The van der Waals surface area contributed by atoms with Gasteiger partial charge in [0.15, 0.2) is 11.4 Å². The van der Waals surface area contributed by atoms with Crippen LogP contribution in [-0.2, 0) is 13.1 Å². The number of nitrogens with one attached hydrogen (secondary N) is 1. The van der Waals surface area contributed by atoms with Gasteiger partial charge in [-0.1, -0.05) is 18.2 Å². The molecular formula is C23H19F3N4O4. The molecule has 0 aliphatic carbocycles. The third-order valence-electron chi connectivity index (χ3n) is 5.38. The molecule has 2 amide bonds. The molecule has 0 atom stereocenters. The Morgan fingerprint density at radius 1 is 1.06 bits per heavy atom. The molecule has 8 nitrogen and oxygen atoms in total. The molecule has 2 heterocycles. The first-order valence-corrected chi connectivity index (χ1v) is 10.1. The predicted octanol–water partition coefficient (Wildman–Crippen LogP) is 2.08. The van der Waals surface area contributed by atoms with E-state index in [2.05, 4.69) is 5.32 Å². The first-order valence-electron chi connectivity index (χ1n) is 10.1. The standard InChI is InChI=1S/C23H19F3N4O4/c1-28-12-29(10-13-2-5-15(24)6-3-13)23(34)19-21(32)20(31)17(11-30(19)28)22(33)27-9-14-4-7-16(25)8-18(14)26/h2-8,11,32H,9-10,12H2,1H3,(H,27,33). The van der Waals surface area contributed by atoms with E-state index in [1.165, 1.54) is 38.9 Å². The van der Waals surface area contributed by atoms with Crippen LogP contribution in [0.2, 0.25) is 0 Å². The summed E-state index contributed by atoms with van der Waals surface area (Å²) in [6.07, 6.45) is 1.11. The fourth-order valence-corrected chi connectivity index (χ4v) is 3.62. The number of carbonyl (C=O) groups excluding carboxylic acids is 2. The lowest BCUT2D eigenvalue weighted by Gasteiger charge is -2.37. The number of amides is 2. The molecule has 4 rings (SSSR count). The van der Waals surface area contributed by atoms with Crippen LogP contribution >= 0.6 is 0 Å². The van der Waals surface area contributed by atoms with Crippen molar-refractivity contribution in [2.45, 2.75) is 13.1 Å². The third kappa shape index (κ3) is 4.32. The van der Waals surface area contributed by atoms with Crippen LogP contribution in [-0.4, -0.2) is 40.2 Å². The van der Waals surface area contributed by atoms with Crippen molar-refractivity contribution in [2.24, 2.45) is 0 Å². The topological polar surface area (TPSA) is 94.9 Å². The number of hydrogen-bond acceptors (Lipinski definition) is 5. The lowest BCUT2D eigenvalue weighted by molar-refractivity contribution is 0.0678. The second-order valence-corrected chi connectivity index (χ2v) is 7.76. The lowest BCUT2D eigenvalue weighted by atomic mass is 10.1. The molecule has 0 unspecified atom stereocenters. The van der Waals surface area contributed by atoms with Gasteiger partial charge in [0.1, 0.15) is 29.7 Å². The number of pyridine rings is 1. The van der Waals surface area contributed by atoms with E-state index in [0.717, 1.165) is 18.3 Å². The average Bonchev–Trinajstić information content (AvgIpc) is 2.79. The molecule has 1 aliphatic heterocycles. The first-order chi connectivity index (χ1) is 16.2. The minimum atomic E-state index is -1.08. The van der Waals surface area contributed by atoms with E-state index < -0.39 is 46.0 Å². The highest BCUT2D eigenvalue weighted by molar-refractivity contribution is 5.99. The highest BCUT2D eigenvalue weighted by Crippen LogP contribution is 2.22. The van der Waals surface area contributed by atoms with Crippen LogP contribution in [0.25, 0.3) is 0 Å². The molecule has 2 N–H and O–H groups in total. The number of nitrogens with zero attached hydrogens (tertiary/aromatic N) is 3. The van der Waals surface area contributed by atoms with E-state index in [-0.39, 0.29) is 31.0 Å². The first kappa shape index (κ1) is 22.9. The maximum atomic E-state index is 13.8. The van der Waals surface area contributed by atoms with E-state index in [1.54, 1.807) is 7.05 Å². The van der Waals surface area contributed by atoms with Gasteiger partial charge in [-0.05, 0) is 23.8 Å². The zero-order valence-electron chi connectivity index (χ0n) is 17.9. The summed E-state index contributed by atoms with van der Waals surface area (Å²) in [4.78, 5) is 39.6. The number of rotatable bonds is 5. The monoisotopic (exact) mass is 472 g/mol. The molecule has 0 saturated carbocycles. The van der Waals surface area contributed by atoms with Crippen molar-refractivity contribution in [2.75, 3.05) is 18.7 Å². The van der Waals surface area contributed by atoms with Crippen molar-refractivity contribution in [3.63, 3.8) is 0 Å². The highest BCUT2D eigenvalue weighted by Gasteiger charge is 2.33. The number of carbonyl (C=O) groups is 2. The Balaban J connectivity index is 1.59. The molecule has 1 aromatic heterocycles. The van der Waals surface area contributed by atoms with E-state index >= 15 is 0 Å². The number of fused-ring (bicyclic) bond motifs is 1. The molecule has 34 heavy (non-hydrogen) atoms. The number of aromatic hydroxyl groups is 1. The second kappa shape index (κ2) is 8.93. The maximum Gasteiger partial charge on any atom is 0.278 e. The van der Waals surface area contributed by atoms with Crippen LogP contribution in [0.1, 0.15) is 32.0 Å². The molecule has 11 heteroatoms. The Morgan fingerprint density at radius 3 is 2.41 bits per heavy atom. The highest BCUT2D eigenvalue weighted by atomic mass is 19.1. The summed E-state index contributed by atoms with van der Waals surface area (Å²) in [6.45, 7) is -0.178. The third-order valence-corrected chi connectivity index (χ3v) is 5.38. The summed E-state index contributed by atoms with van der Waals surface area (Å²) in [5.41, 5.74) is -1.23. The second-order valence-electron chi connectivity index (χ2n) is 7.76. The average molecular weight is 472 g/mol. The largest absolute Gasteiger partial charge is 0.502 e. The summed E-state index contributed by atoms with van der Waals surface area (Å²) in [7, 11) is 1.58. The normalized spacial score (nSPS) is 13.1. The number of benzene rings is 2. The van der Waals surface area contributed by atoms with E-state index in [9.17, 15) is 32.7 Å². The van der Waals surface area contributed by atoms with Gasteiger partial charge in [0.05, 0.1) is 0 Å². The van der Waals surface area contributed by atoms with Crippen molar-refractivity contribution < 1.29 is 27.9 Å². The van der Waals surface area contributed by atoms with Gasteiger partial charge in [0.2, 0.25) is 5.43 Å². The van der Waals surface area contributed by atoms with Gasteiger partial charge in [0.25, 0.3) is 11.8 Å². The number of aromatic nitrogens is 1. The smallest absolute Gasteiger partial charge is 0.278 e. The maximum absolute atomic E-state index is 13.8. The van der Waals surface area contributed by atoms with Crippen LogP contribution in [0.15, 0.2) is 53.5 Å².